The van der Waals surface area contributed by atoms with E-state index in [-0.39, 0.29) is 0 Å². The molecule has 0 saturated carbocycles. The molecule has 0 fully saturated rings. The van der Waals surface area contributed by atoms with Gasteiger partial charge in [-0.2, -0.15) is 5.10 Å². The van der Waals surface area contributed by atoms with Crippen molar-refractivity contribution in [3.05, 3.63) is 53.7 Å². The van der Waals surface area contributed by atoms with Crippen molar-refractivity contribution < 1.29 is 0 Å². The van der Waals surface area contributed by atoms with E-state index < -0.39 is 0 Å². The zero-order valence-corrected chi connectivity index (χ0v) is 8.93. The second-order valence-corrected chi connectivity index (χ2v) is 3.44. The van der Waals surface area contributed by atoms with E-state index in [0.29, 0.717) is 13.1 Å². The molecule has 4 nitrogen and oxygen atoms in total. The normalized spacial score (nSPS) is 10.1. The number of rotatable bonds is 4. The minimum absolute atomic E-state index is 0.554. The molecular weight excluding hydrogens is 200 g/mol. The van der Waals surface area contributed by atoms with Crippen molar-refractivity contribution in [3.8, 4) is 0 Å². The molecule has 0 saturated heterocycles. The van der Waals surface area contributed by atoms with Crippen LogP contribution in [0.4, 0.5) is 5.82 Å². The summed E-state index contributed by atoms with van der Waals surface area (Å²) in [5.74, 6) is 0.773. The van der Waals surface area contributed by atoms with Gasteiger partial charge in [0.1, 0.15) is 5.82 Å². The zero-order chi connectivity index (χ0) is 11.2. The van der Waals surface area contributed by atoms with E-state index in [4.69, 9.17) is 5.73 Å². The number of hydrogen-bond donors (Lipinski definition) is 2. The van der Waals surface area contributed by atoms with Gasteiger partial charge in [0.2, 0.25) is 0 Å². The van der Waals surface area contributed by atoms with Crippen LogP contribution in [0.1, 0.15) is 11.1 Å². The van der Waals surface area contributed by atoms with Gasteiger partial charge in [-0.15, -0.1) is 5.10 Å². The second-order valence-electron chi connectivity index (χ2n) is 3.44. The number of nitrogens with zero attached hydrogens (tertiary/aromatic N) is 2. The predicted octanol–water partition coefficient (Wildman–Crippen LogP) is 1.55. The van der Waals surface area contributed by atoms with Gasteiger partial charge in [-0.25, -0.2) is 0 Å². The lowest BCUT2D eigenvalue weighted by Crippen LogP contribution is -2.07. The molecule has 0 atom stereocenters. The molecule has 0 aliphatic rings. The van der Waals surface area contributed by atoms with E-state index in [1.807, 2.05) is 30.3 Å². The molecule has 0 unspecified atom stereocenters. The molecule has 0 bridgehead atoms. The summed E-state index contributed by atoms with van der Waals surface area (Å²) < 4.78 is 0. The van der Waals surface area contributed by atoms with E-state index in [1.54, 1.807) is 6.20 Å². The van der Waals surface area contributed by atoms with Gasteiger partial charge in [-0.3, -0.25) is 0 Å². The van der Waals surface area contributed by atoms with E-state index in [2.05, 4.69) is 21.6 Å². The summed E-state index contributed by atoms with van der Waals surface area (Å²) in [6.45, 7) is 1.27. The molecule has 0 radical (unpaired) electrons. The SMILES string of the molecule is NCc1ccccc1CNc1cccnn1. The van der Waals surface area contributed by atoms with Crippen LogP contribution in [0.2, 0.25) is 0 Å². The third-order valence-electron chi connectivity index (χ3n) is 2.37. The summed E-state index contributed by atoms with van der Waals surface area (Å²) in [4.78, 5) is 0. The number of nitrogens with one attached hydrogen (secondary N) is 1. The average Bonchev–Trinajstić information content (AvgIpc) is 2.38. The van der Waals surface area contributed by atoms with Gasteiger partial charge in [-0.1, -0.05) is 24.3 Å². The third-order valence-corrected chi connectivity index (χ3v) is 2.37. The van der Waals surface area contributed by atoms with Crippen LogP contribution in [-0.2, 0) is 13.1 Å². The number of anilines is 1. The molecule has 0 amide bonds. The van der Waals surface area contributed by atoms with Crippen LogP contribution in [0.25, 0.3) is 0 Å². The maximum Gasteiger partial charge on any atom is 0.148 e. The number of aromatic nitrogens is 2. The second kappa shape index (κ2) is 5.23. The molecule has 4 heteroatoms. The van der Waals surface area contributed by atoms with Gasteiger partial charge in [-0.05, 0) is 23.3 Å². The maximum atomic E-state index is 5.66. The molecule has 2 aromatic rings. The Hall–Kier alpha value is -1.94. The Morgan fingerprint density at radius 1 is 1.06 bits per heavy atom. The molecule has 2 rings (SSSR count). The molecule has 0 spiro atoms. The lowest BCUT2D eigenvalue weighted by Gasteiger charge is -2.08. The predicted molar refractivity (Wildman–Crippen MR) is 63.7 cm³/mol. The summed E-state index contributed by atoms with van der Waals surface area (Å²) >= 11 is 0. The van der Waals surface area contributed by atoms with Crippen molar-refractivity contribution >= 4 is 5.82 Å². The first-order valence-electron chi connectivity index (χ1n) is 5.18. The Labute approximate surface area is 94.5 Å². The zero-order valence-electron chi connectivity index (χ0n) is 8.93. The molecular formula is C12H14N4. The van der Waals surface area contributed by atoms with Crippen LogP contribution in [0.5, 0.6) is 0 Å². The number of benzene rings is 1. The molecule has 0 aliphatic carbocycles. The van der Waals surface area contributed by atoms with Gasteiger partial charge in [0.15, 0.2) is 0 Å². The van der Waals surface area contributed by atoms with Crippen LogP contribution in [0.3, 0.4) is 0 Å². The summed E-state index contributed by atoms with van der Waals surface area (Å²) in [7, 11) is 0. The van der Waals surface area contributed by atoms with Crippen LogP contribution < -0.4 is 11.1 Å². The maximum absolute atomic E-state index is 5.66. The smallest absolute Gasteiger partial charge is 0.148 e. The fourth-order valence-electron chi connectivity index (χ4n) is 1.51. The van der Waals surface area contributed by atoms with Crippen molar-refractivity contribution in [3.63, 3.8) is 0 Å². The standard InChI is InChI=1S/C12H14N4/c13-8-10-4-1-2-5-11(10)9-14-12-6-3-7-15-16-12/h1-7H,8-9,13H2,(H,14,16). The molecule has 16 heavy (non-hydrogen) atoms. The van der Waals surface area contributed by atoms with Crippen molar-refractivity contribution in [2.45, 2.75) is 13.1 Å². The van der Waals surface area contributed by atoms with Crippen molar-refractivity contribution in [2.24, 2.45) is 5.73 Å². The van der Waals surface area contributed by atoms with Crippen LogP contribution >= 0.6 is 0 Å². The Morgan fingerprint density at radius 2 is 1.88 bits per heavy atom. The summed E-state index contributed by atoms with van der Waals surface area (Å²) in [6.07, 6.45) is 1.65. The average molecular weight is 214 g/mol. The summed E-state index contributed by atoms with van der Waals surface area (Å²) in [5.41, 5.74) is 8.01. The highest BCUT2D eigenvalue weighted by Crippen LogP contribution is 2.10. The van der Waals surface area contributed by atoms with E-state index in [9.17, 15) is 0 Å². The first-order valence-corrected chi connectivity index (χ1v) is 5.18. The first-order chi connectivity index (χ1) is 7.90. The monoisotopic (exact) mass is 214 g/mol. The third kappa shape index (κ3) is 2.55. The van der Waals surface area contributed by atoms with Crippen LogP contribution in [0.15, 0.2) is 42.6 Å². The lowest BCUT2D eigenvalue weighted by atomic mass is 10.1. The molecule has 0 aliphatic heterocycles. The minimum Gasteiger partial charge on any atom is -0.364 e. The molecule has 1 heterocycles. The van der Waals surface area contributed by atoms with E-state index in [1.165, 1.54) is 5.56 Å². The van der Waals surface area contributed by atoms with E-state index in [0.717, 1.165) is 11.4 Å². The van der Waals surface area contributed by atoms with Crippen LogP contribution in [0, 0.1) is 0 Å². The van der Waals surface area contributed by atoms with Crippen molar-refractivity contribution in [1.82, 2.24) is 10.2 Å². The fraction of sp³-hybridized carbons (Fsp3) is 0.167. The number of nitrogens with two attached hydrogens (primary N) is 1. The fourth-order valence-corrected chi connectivity index (χ4v) is 1.51. The Morgan fingerprint density at radius 3 is 2.56 bits per heavy atom. The quantitative estimate of drug-likeness (QED) is 0.810. The molecule has 82 valence electrons. The topological polar surface area (TPSA) is 63.8 Å². The first kappa shape index (κ1) is 10.6. The molecule has 1 aromatic carbocycles. The van der Waals surface area contributed by atoms with Crippen molar-refractivity contribution in [2.75, 3.05) is 5.32 Å². The highest BCUT2D eigenvalue weighted by atomic mass is 15.2. The van der Waals surface area contributed by atoms with Gasteiger partial charge >= 0.3 is 0 Å². The Kier molecular flexibility index (Phi) is 3.46. The minimum atomic E-state index is 0.554. The molecule has 3 N–H and O–H groups in total. The van der Waals surface area contributed by atoms with Gasteiger partial charge in [0, 0.05) is 19.3 Å². The van der Waals surface area contributed by atoms with Gasteiger partial charge in [0.05, 0.1) is 0 Å². The van der Waals surface area contributed by atoms with Crippen molar-refractivity contribution in [1.29, 1.82) is 0 Å². The highest BCUT2D eigenvalue weighted by Gasteiger charge is 1.99. The largest absolute Gasteiger partial charge is 0.364 e. The Balaban J connectivity index is 2.05. The lowest BCUT2D eigenvalue weighted by molar-refractivity contribution is 0.974. The number of hydrogen-bond acceptors (Lipinski definition) is 4. The summed E-state index contributed by atoms with van der Waals surface area (Å²) in [5, 5.41) is 11.0. The van der Waals surface area contributed by atoms with Gasteiger partial charge < -0.3 is 11.1 Å². The molecule has 1 aromatic heterocycles. The highest BCUT2D eigenvalue weighted by molar-refractivity contribution is 5.35. The Bertz CT molecular complexity index is 442. The van der Waals surface area contributed by atoms with E-state index >= 15 is 0 Å². The summed E-state index contributed by atoms with van der Waals surface area (Å²) in [6, 6.07) is 11.8. The van der Waals surface area contributed by atoms with Gasteiger partial charge in [0.25, 0.3) is 0 Å². The van der Waals surface area contributed by atoms with Crippen LogP contribution in [-0.4, -0.2) is 10.2 Å².